The zero-order valence-electron chi connectivity index (χ0n) is 20.8. The Morgan fingerprint density at radius 2 is 1.10 bits per heavy atom. The molecule has 0 N–H and O–H groups in total. The van der Waals surface area contributed by atoms with Crippen molar-refractivity contribution in [2.75, 3.05) is 7.11 Å². The number of ether oxygens (including phenoxy) is 1. The van der Waals surface area contributed by atoms with E-state index in [1.54, 1.807) is 48.5 Å². The molecule has 0 fully saturated rings. The van der Waals surface area contributed by atoms with Gasteiger partial charge in [-0.15, -0.1) is 29.1 Å². The summed E-state index contributed by atoms with van der Waals surface area (Å²) in [5, 5.41) is 0. The Balaban J connectivity index is 1.72. The second-order valence-corrected chi connectivity index (χ2v) is 11.6. The highest BCUT2D eigenvalue weighted by atomic mass is 32.1. The maximum absolute atomic E-state index is 15.4. The lowest BCUT2D eigenvalue weighted by Crippen LogP contribution is -2.48. The van der Waals surface area contributed by atoms with Crippen LogP contribution in [0.15, 0.2) is 60.7 Å². The number of thiophene rings is 2. The van der Waals surface area contributed by atoms with E-state index in [1.807, 2.05) is 0 Å². The van der Waals surface area contributed by atoms with Gasteiger partial charge in [0.15, 0.2) is 0 Å². The highest BCUT2D eigenvalue weighted by molar-refractivity contribution is 7.16. The van der Waals surface area contributed by atoms with E-state index in [1.165, 1.54) is 33.1 Å². The summed E-state index contributed by atoms with van der Waals surface area (Å²) >= 11 is 2.12. The summed E-state index contributed by atoms with van der Waals surface area (Å²) in [7, 11) is 1.49. The molecule has 0 aliphatic heterocycles. The van der Waals surface area contributed by atoms with Gasteiger partial charge in [-0.2, -0.15) is 26.3 Å². The van der Waals surface area contributed by atoms with Crippen molar-refractivity contribution in [2.24, 2.45) is 0 Å². The average molecular weight is 575 g/mol. The van der Waals surface area contributed by atoms with E-state index in [9.17, 15) is 8.78 Å². The van der Waals surface area contributed by atoms with Crippen LogP contribution in [0.3, 0.4) is 0 Å². The van der Waals surface area contributed by atoms with Crippen LogP contribution in [-0.2, 0) is 0 Å². The normalized spacial score (nSPS) is 17.3. The third kappa shape index (κ3) is 4.09. The zero-order chi connectivity index (χ0) is 28.3. The second-order valence-electron chi connectivity index (χ2n) is 9.08. The van der Waals surface area contributed by atoms with Crippen LogP contribution >= 0.6 is 22.7 Å². The predicted molar refractivity (Wildman–Crippen MR) is 145 cm³/mol. The molecule has 2 aromatic heterocycles. The van der Waals surface area contributed by atoms with Gasteiger partial charge < -0.3 is 4.74 Å². The summed E-state index contributed by atoms with van der Waals surface area (Å²) in [6.45, 7) is 2.92. The van der Waals surface area contributed by atoms with Gasteiger partial charge in [0.25, 0.3) is 0 Å². The van der Waals surface area contributed by atoms with Gasteiger partial charge in [-0.25, -0.2) is 0 Å². The number of terminal acetylenes is 1. The fourth-order valence-corrected chi connectivity index (χ4v) is 6.73. The van der Waals surface area contributed by atoms with Crippen LogP contribution in [0.25, 0.3) is 32.0 Å². The lowest BCUT2D eigenvalue weighted by atomic mass is 9.94. The van der Waals surface area contributed by atoms with Crippen LogP contribution in [0.4, 0.5) is 26.3 Å². The topological polar surface area (TPSA) is 9.23 Å². The second kappa shape index (κ2) is 9.32. The standard InChI is InChI=1S/C30H20F6OS2/c1-5-18-6-8-19(9-7-18)24-14-22(16(2)38-24)26-27(29(33,34)30(35,36)28(26,31)32)23-15-25(39-17(23)3)20-10-12-21(37-4)13-11-20/h1,6-15H,2-4H3. The molecule has 0 atom stereocenters. The van der Waals surface area contributed by atoms with Crippen molar-refractivity contribution in [1.29, 1.82) is 0 Å². The molecule has 0 saturated carbocycles. The largest absolute Gasteiger partial charge is 0.497 e. The first-order valence-corrected chi connectivity index (χ1v) is 13.3. The Hall–Kier alpha value is -3.48. The van der Waals surface area contributed by atoms with E-state index in [-0.39, 0.29) is 20.9 Å². The number of allylic oxidation sites excluding steroid dienone is 2. The van der Waals surface area contributed by atoms with Gasteiger partial charge in [-0.05, 0) is 84.6 Å². The molecule has 1 aliphatic rings. The third-order valence-corrected chi connectivity index (χ3v) is 8.95. The van der Waals surface area contributed by atoms with Gasteiger partial charge in [0.1, 0.15) is 5.75 Å². The minimum atomic E-state index is -5.62. The van der Waals surface area contributed by atoms with E-state index >= 15 is 17.6 Å². The summed E-state index contributed by atoms with van der Waals surface area (Å²) in [4.78, 5) is 1.38. The van der Waals surface area contributed by atoms with Crippen molar-refractivity contribution in [3.8, 4) is 39.0 Å². The van der Waals surface area contributed by atoms with E-state index < -0.39 is 28.9 Å². The first-order valence-electron chi connectivity index (χ1n) is 11.6. The molecule has 1 nitrogen and oxygen atoms in total. The minimum absolute atomic E-state index is 0.218. The smallest absolute Gasteiger partial charge is 0.380 e. The van der Waals surface area contributed by atoms with E-state index in [4.69, 9.17) is 11.2 Å². The van der Waals surface area contributed by atoms with Gasteiger partial charge in [0.05, 0.1) is 7.11 Å². The van der Waals surface area contributed by atoms with Crippen molar-refractivity contribution >= 4 is 33.8 Å². The molecular weight excluding hydrogens is 554 g/mol. The lowest BCUT2D eigenvalue weighted by molar-refractivity contribution is -0.254. The van der Waals surface area contributed by atoms with Gasteiger partial charge in [-0.3, -0.25) is 0 Å². The molecule has 0 saturated heterocycles. The minimum Gasteiger partial charge on any atom is -0.497 e. The van der Waals surface area contributed by atoms with Crippen molar-refractivity contribution in [1.82, 2.24) is 0 Å². The van der Waals surface area contributed by atoms with Crippen molar-refractivity contribution in [3.63, 3.8) is 0 Å². The Bertz CT molecular complexity index is 1630. The quantitative estimate of drug-likeness (QED) is 0.170. The molecule has 39 heavy (non-hydrogen) atoms. The Labute approximate surface area is 229 Å². The van der Waals surface area contributed by atoms with Crippen LogP contribution < -0.4 is 4.74 Å². The van der Waals surface area contributed by atoms with Gasteiger partial charge in [-0.1, -0.05) is 18.1 Å². The highest BCUT2D eigenvalue weighted by Gasteiger charge is 2.80. The molecule has 2 heterocycles. The summed E-state index contributed by atoms with van der Waals surface area (Å²) in [6.07, 6.45) is 5.38. The van der Waals surface area contributed by atoms with E-state index in [0.29, 0.717) is 32.2 Å². The molecule has 0 radical (unpaired) electrons. The number of alkyl halides is 6. The number of hydrogen-bond donors (Lipinski definition) is 0. The monoisotopic (exact) mass is 574 g/mol. The highest BCUT2D eigenvalue weighted by Crippen LogP contribution is 2.66. The maximum atomic E-state index is 15.4. The SMILES string of the molecule is C#Cc1ccc(-c2cc(C3=C(c4cc(-c5ccc(OC)cc5)sc4C)C(F)(F)C(F)(F)C3(F)F)c(C)s2)cc1. The summed E-state index contributed by atoms with van der Waals surface area (Å²) in [5.74, 6) is -12.8. The number of hydrogen-bond acceptors (Lipinski definition) is 3. The fourth-order valence-electron chi connectivity index (χ4n) is 4.66. The summed E-state index contributed by atoms with van der Waals surface area (Å²) in [6, 6.07) is 15.9. The zero-order valence-corrected chi connectivity index (χ0v) is 22.5. The Morgan fingerprint density at radius 1 is 0.692 bits per heavy atom. The molecule has 0 spiro atoms. The number of methoxy groups -OCH3 is 1. The molecular formula is C30H20F6OS2. The summed E-state index contributed by atoms with van der Waals surface area (Å²) < 4.78 is 96.6. The van der Waals surface area contributed by atoms with Crippen molar-refractivity contribution in [2.45, 2.75) is 31.6 Å². The molecule has 200 valence electrons. The molecule has 9 heteroatoms. The molecule has 5 rings (SSSR count). The fraction of sp³-hybridized carbons (Fsp3) is 0.200. The van der Waals surface area contributed by atoms with Crippen LogP contribution in [-0.4, -0.2) is 24.9 Å². The Kier molecular flexibility index (Phi) is 6.47. The number of benzene rings is 2. The van der Waals surface area contributed by atoms with Gasteiger partial charge >= 0.3 is 17.8 Å². The van der Waals surface area contributed by atoms with E-state index in [2.05, 4.69) is 5.92 Å². The van der Waals surface area contributed by atoms with Crippen LogP contribution in [0, 0.1) is 26.2 Å². The molecule has 2 aromatic carbocycles. The molecule has 0 unspecified atom stereocenters. The van der Waals surface area contributed by atoms with E-state index in [0.717, 1.165) is 22.7 Å². The maximum Gasteiger partial charge on any atom is 0.380 e. The summed E-state index contributed by atoms with van der Waals surface area (Å²) in [5.41, 5.74) is -1.54. The first-order chi connectivity index (χ1) is 18.3. The van der Waals surface area contributed by atoms with Crippen molar-refractivity contribution < 1.29 is 31.1 Å². The first kappa shape index (κ1) is 27.1. The van der Waals surface area contributed by atoms with Crippen LogP contribution in [0.5, 0.6) is 5.75 Å². The molecule has 1 aliphatic carbocycles. The lowest BCUT2D eigenvalue weighted by Gasteiger charge is -2.25. The van der Waals surface area contributed by atoms with Gasteiger partial charge in [0, 0.05) is 36.2 Å². The molecule has 0 amide bonds. The van der Waals surface area contributed by atoms with Gasteiger partial charge in [0.2, 0.25) is 0 Å². The predicted octanol–water partition coefficient (Wildman–Crippen LogP) is 9.58. The molecule has 4 aromatic rings. The van der Waals surface area contributed by atoms with Crippen LogP contribution in [0.1, 0.15) is 26.4 Å². The Morgan fingerprint density at radius 3 is 1.49 bits per heavy atom. The molecule has 0 bridgehead atoms. The third-order valence-electron chi connectivity index (χ3n) is 6.75. The number of halogens is 6. The average Bonchev–Trinajstić information content (AvgIpc) is 3.51. The number of rotatable bonds is 5. The number of aryl methyl sites for hydroxylation is 2. The van der Waals surface area contributed by atoms with Crippen LogP contribution in [0.2, 0.25) is 0 Å². The van der Waals surface area contributed by atoms with Crippen molar-refractivity contribution in [3.05, 3.63) is 87.1 Å².